The van der Waals surface area contributed by atoms with Gasteiger partial charge in [-0.1, -0.05) is 12.1 Å². The zero-order valence-corrected chi connectivity index (χ0v) is 21.7. The SMILES string of the molecule is C[C@@H]1C(=O)N(C)CCN1CCOc1ccc(C2CCN(c3ccc4nnc(N(C)C)n4n3)CC2)cc1. The number of hydrogen-bond donors (Lipinski definition) is 0. The van der Waals surface area contributed by atoms with Gasteiger partial charge in [0.05, 0.1) is 6.04 Å². The second kappa shape index (κ2) is 10.3. The molecule has 0 radical (unpaired) electrons. The molecule has 4 heterocycles. The summed E-state index contributed by atoms with van der Waals surface area (Å²) in [6.07, 6.45) is 2.16. The minimum Gasteiger partial charge on any atom is -0.492 e. The van der Waals surface area contributed by atoms with Crippen molar-refractivity contribution >= 4 is 23.3 Å². The number of aromatic nitrogens is 4. The van der Waals surface area contributed by atoms with E-state index in [1.165, 1.54) is 5.56 Å². The maximum atomic E-state index is 12.2. The Morgan fingerprint density at radius 3 is 2.47 bits per heavy atom. The normalized spacial score (nSPS) is 19.8. The maximum Gasteiger partial charge on any atom is 0.248 e. The molecule has 3 aromatic rings. The molecule has 1 atom stereocenters. The number of rotatable bonds is 7. The monoisotopic (exact) mass is 492 g/mol. The Balaban J connectivity index is 1.12. The molecule has 36 heavy (non-hydrogen) atoms. The van der Waals surface area contributed by atoms with Gasteiger partial charge in [0.2, 0.25) is 11.9 Å². The number of amides is 1. The topological polar surface area (TPSA) is 82.3 Å². The first kappa shape index (κ1) is 24.3. The number of nitrogens with zero attached hydrogens (tertiary/aromatic N) is 8. The van der Waals surface area contributed by atoms with Gasteiger partial charge in [-0.2, -0.15) is 4.52 Å². The molecule has 2 aliphatic heterocycles. The largest absolute Gasteiger partial charge is 0.492 e. The highest BCUT2D eigenvalue weighted by Crippen LogP contribution is 2.31. The first-order valence-electron chi connectivity index (χ1n) is 12.8. The van der Waals surface area contributed by atoms with E-state index < -0.39 is 0 Å². The predicted octanol–water partition coefficient (Wildman–Crippen LogP) is 2.12. The lowest BCUT2D eigenvalue weighted by molar-refractivity contribution is -0.139. The van der Waals surface area contributed by atoms with Gasteiger partial charge in [0, 0.05) is 53.9 Å². The van der Waals surface area contributed by atoms with E-state index in [9.17, 15) is 4.79 Å². The maximum absolute atomic E-state index is 12.2. The number of carbonyl (C=O) groups is 1. The summed E-state index contributed by atoms with van der Waals surface area (Å²) in [5.41, 5.74) is 2.11. The first-order chi connectivity index (χ1) is 17.4. The predicted molar refractivity (Wildman–Crippen MR) is 140 cm³/mol. The number of fused-ring (bicyclic) bond motifs is 1. The van der Waals surface area contributed by atoms with Crippen LogP contribution in [-0.4, -0.2) is 102 Å². The van der Waals surface area contributed by atoms with Crippen molar-refractivity contribution in [1.29, 1.82) is 0 Å². The molecule has 2 fully saturated rings. The molecule has 0 bridgehead atoms. The zero-order chi connectivity index (χ0) is 25.2. The molecule has 0 saturated carbocycles. The molecule has 10 nitrogen and oxygen atoms in total. The van der Waals surface area contributed by atoms with Gasteiger partial charge in [-0.15, -0.1) is 15.3 Å². The van der Waals surface area contributed by atoms with Gasteiger partial charge in [0.15, 0.2) is 5.65 Å². The van der Waals surface area contributed by atoms with E-state index in [1.54, 1.807) is 4.90 Å². The molecule has 0 aliphatic carbocycles. The van der Waals surface area contributed by atoms with Crippen molar-refractivity contribution in [2.24, 2.45) is 0 Å². The van der Waals surface area contributed by atoms with Crippen molar-refractivity contribution in [3.05, 3.63) is 42.0 Å². The second-order valence-corrected chi connectivity index (χ2v) is 10.0. The van der Waals surface area contributed by atoms with Gasteiger partial charge in [-0.3, -0.25) is 9.69 Å². The summed E-state index contributed by atoms with van der Waals surface area (Å²) in [6, 6.07) is 12.5. The van der Waals surface area contributed by atoms with Gasteiger partial charge in [-0.25, -0.2) is 0 Å². The molecular formula is C26H36N8O2. The molecule has 5 rings (SSSR count). The minimum atomic E-state index is -0.0793. The summed E-state index contributed by atoms with van der Waals surface area (Å²) in [5.74, 6) is 3.29. The number of hydrogen-bond acceptors (Lipinski definition) is 8. The van der Waals surface area contributed by atoms with Crippen LogP contribution in [0.4, 0.5) is 11.8 Å². The first-order valence-corrected chi connectivity index (χ1v) is 12.8. The zero-order valence-electron chi connectivity index (χ0n) is 21.7. The molecule has 2 saturated heterocycles. The molecule has 0 unspecified atom stereocenters. The standard InChI is InChI=1S/C26H36N8O2/c1-19-25(35)31(4)15-16-32(19)17-18-36-22-7-5-20(6-8-22)21-11-13-33(14-12-21)24-10-9-23-27-28-26(30(2)3)34(23)29-24/h5-10,19,21H,11-18H2,1-4H3/t19-/m1/s1. The fourth-order valence-corrected chi connectivity index (χ4v) is 5.14. The smallest absolute Gasteiger partial charge is 0.248 e. The molecule has 192 valence electrons. The fraction of sp³-hybridized carbons (Fsp3) is 0.538. The van der Waals surface area contributed by atoms with E-state index in [1.807, 2.05) is 49.6 Å². The number of piperidine rings is 1. The number of likely N-dealkylation sites (N-methyl/N-ethyl adjacent to an activating group) is 1. The lowest BCUT2D eigenvalue weighted by atomic mass is 9.89. The third-order valence-electron chi connectivity index (χ3n) is 7.45. The Kier molecular flexibility index (Phi) is 6.95. The van der Waals surface area contributed by atoms with Crippen LogP contribution in [0.15, 0.2) is 36.4 Å². The van der Waals surface area contributed by atoms with Crippen LogP contribution in [0.3, 0.4) is 0 Å². The van der Waals surface area contributed by atoms with Gasteiger partial charge in [0.25, 0.3) is 0 Å². The van der Waals surface area contributed by atoms with Crippen molar-refractivity contribution in [2.45, 2.75) is 31.7 Å². The van der Waals surface area contributed by atoms with Crippen LogP contribution in [0.1, 0.15) is 31.2 Å². The summed E-state index contributed by atoms with van der Waals surface area (Å²) < 4.78 is 7.80. The Bertz CT molecular complexity index is 1190. The van der Waals surface area contributed by atoms with Gasteiger partial charge in [-0.05, 0) is 55.5 Å². The van der Waals surface area contributed by atoms with E-state index in [4.69, 9.17) is 9.84 Å². The summed E-state index contributed by atoms with van der Waals surface area (Å²) in [6.45, 7) is 6.90. The molecule has 2 aromatic heterocycles. The Hall–Kier alpha value is -3.40. The van der Waals surface area contributed by atoms with E-state index in [0.717, 1.165) is 68.7 Å². The van der Waals surface area contributed by atoms with E-state index >= 15 is 0 Å². The van der Waals surface area contributed by atoms with Gasteiger partial charge >= 0.3 is 0 Å². The highest BCUT2D eigenvalue weighted by atomic mass is 16.5. The van der Waals surface area contributed by atoms with Crippen LogP contribution in [0.2, 0.25) is 0 Å². The average Bonchev–Trinajstić information content (AvgIpc) is 3.33. The van der Waals surface area contributed by atoms with Crippen LogP contribution in [0.25, 0.3) is 5.65 Å². The molecule has 0 N–H and O–H groups in total. The third kappa shape index (κ3) is 4.95. The molecule has 2 aliphatic rings. The Labute approximate surface area is 212 Å². The van der Waals surface area contributed by atoms with Crippen LogP contribution >= 0.6 is 0 Å². The lowest BCUT2D eigenvalue weighted by Crippen LogP contribution is -2.55. The molecule has 1 aromatic carbocycles. The summed E-state index contributed by atoms with van der Waals surface area (Å²) in [5, 5.41) is 13.2. The molecular weight excluding hydrogens is 456 g/mol. The van der Waals surface area contributed by atoms with Crippen molar-refractivity contribution in [2.75, 3.05) is 70.3 Å². The van der Waals surface area contributed by atoms with Crippen LogP contribution < -0.4 is 14.5 Å². The van der Waals surface area contributed by atoms with E-state index in [-0.39, 0.29) is 11.9 Å². The minimum absolute atomic E-state index is 0.0793. The number of benzene rings is 1. The van der Waals surface area contributed by atoms with Crippen molar-refractivity contribution in [3.8, 4) is 5.75 Å². The summed E-state index contributed by atoms with van der Waals surface area (Å²) in [4.78, 5) is 20.4. The van der Waals surface area contributed by atoms with E-state index in [0.29, 0.717) is 12.5 Å². The van der Waals surface area contributed by atoms with Crippen LogP contribution in [0.5, 0.6) is 5.75 Å². The summed E-state index contributed by atoms with van der Waals surface area (Å²) in [7, 11) is 5.76. The van der Waals surface area contributed by atoms with Crippen molar-refractivity contribution in [3.63, 3.8) is 0 Å². The molecule has 10 heteroatoms. The third-order valence-corrected chi connectivity index (χ3v) is 7.45. The number of carbonyl (C=O) groups excluding carboxylic acids is 1. The number of ether oxygens (including phenoxy) is 1. The Morgan fingerprint density at radius 2 is 1.75 bits per heavy atom. The quantitative estimate of drug-likeness (QED) is 0.496. The molecule has 1 amide bonds. The van der Waals surface area contributed by atoms with Crippen LogP contribution in [-0.2, 0) is 4.79 Å². The summed E-state index contributed by atoms with van der Waals surface area (Å²) >= 11 is 0. The van der Waals surface area contributed by atoms with Crippen molar-refractivity contribution in [1.82, 2.24) is 29.6 Å². The van der Waals surface area contributed by atoms with Gasteiger partial charge < -0.3 is 19.4 Å². The molecule has 0 spiro atoms. The second-order valence-electron chi connectivity index (χ2n) is 10.0. The highest BCUT2D eigenvalue weighted by Gasteiger charge is 2.29. The van der Waals surface area contributed by atoms with E-state index in [2.05, 4.69) is 44.3 Å². The highest BCUT2D eigenvalue weighted by molar-refractivity contribution is 5.81. The lowest BCUT2D eigenvalue weighted by Gasteiger charge is -2.37. The Morgan fingerprint density at radius 1 is 1.00 bits per heavy atom. The van der Waals surface area contributed by atoms with Gasteiger partial charge in [0.1, 0.15) is 18.2 Å². The van der Waals surface area contributed by atoms with Crippen LogP contribution in [0, 0.1) is 0 Å². The number of piperazine rings is 1. The van der Waals surface area contributed by atoms with Crippen molar-refractivity contribution < 1.29 is 9.53 Å². The fourth-order valence-electron chi connectivity index (χ4n) is 5.14. The number of anilines is 2. The average molecular weight is 493 g/mol.